The van der Waals surface area contributed by atoms with Crippen LogP contribution >= 0.6 is 0 Å². The molecule has 0 aliphatic heterocycles. The average molecular weight is 467 g/mol. The maximum Gasteiger partial charge on any atom is 0.312 e. The number of hydrogen-bond donors (Lipinski definition) is 1. The van der Waals surface area contributed by atoms with Gasteiger partial charge in [0.2, 0.25) is 0 Å². The van der Waals surface area contributed by atoms with Crippen LogP contribution in [0.3, 0.4) is 0 Å². The highest BCUT2D eigenvalue weighted by molar-refractivity contribution is 5.83. The second-order valence-corrected chi connectivity index (χ2v) is 7.26. The Balaban J connectivity index is 1.64. The van der Waals surface area contributed by atoms with E-state index < -0.39 is 10.8 Å². The predicted molar refractivity (Wildman–Crippen MR) is 125 cm³/mol. The number of hydrogen-bond acceptors (Lipinski definition) is 8. The molecule has 1 amide bonds. The molecule has 0 atom stereocenters. The van der Waals surface area contributed by atoms with Gasteiger partial charge < -0.3 is 14.2 Å². The number of methoxy groups -OCH3 is 2. The maximum atomic E-state index is 12.0. The minimum Gasteiger partial charge on any atom is -0.497 e. The standard InChI is InChI=1S/C23H25N5O6/c1-15-23(28(30)31)16(2)27(26-15)13-18-11-17(5-10-21(18)33-4)12-24-25-22(29)14-34-20-8-6-19(32-3)7-9-20/h5-12H,13-14H2,1-4H3,(H,25,29)/b24-12+. The summed E-state index contributed by atoms with van der Waals surface area (Å²) in [5.74, 6) is 1.40. The summed E-state index contributed by atoms with van der Waals surface area (Å²) in [5.41, 5.74) is 4.65. The molecule has 1 N–H and O–H groups in total. The monoisotopic (exact) mass is 467 g/mol. The van der Waals surface area contributed by atoms with Crippen molar-refractivity contribution in [3.8, 4) is 17.2 Å². The highest BCUT2D eigenvalue weighted by Crippen LogP contribution is 2.25. The number of carbonyl (C=O) groups is 1. The zero-order valence-corrected chi connectivity index (χ0v) is 19.3. The number of nitrogens with one attached hydrogen (secondary N) is 1. The van der Waals surface area contributed by atoms with Gasteiger partial charge in [-0.25, -0.2) is 5.43 Å². The van der Waals surface area contributed by atoms with Gasteiger partial charge in [-0.05, 0) is 61.9 Å². The van der Waals surface area contributed by atoms with Crippen LogP contribution in [0.2, 0.25) is 0 Å². The number of carbonyl (C=O) groups excluding carboxylic acids is 1. The van der Waals surface area contributed by atoms with Crippen molar-refractivity contribution in [2.45, 2.75) is 20.4 Å². The minimum absolute atomic E-state index is 0.00347. The van der Waals surface area contributed by atoms with E-state index in [2.05, 4.69) is 15.6 Å². The van der Waals surface area contributed by atoms with Gasteiger partial charge in [-0.15, -0.1) is 0 Å². The van der Waals surface area contributed by atoms with Gasteiger partial charge in [-0.2, -0.15) is 10.2 Å². The second kappa shape index (κ2) is 10.9. The lowest BCUT2D eigenvalue weighted by atomic mass is 10.1. The zero-order chi connectivity index (χ0) is 24.7. The summed E-state index contributed by atoms with van der Waals surface area (Å²) in [5, 5.41) is 19.5. The molecule has 0 radical (unpaired) electrons. The van der Waals surface area contributed by atoms with E-state index in [1.54, 1.807) is 69.1 Å². The first kappa shape index (κ1) is 24.2. The van der Waals surface area contributed by atoms with Gasteiger partial charge >= 0.3 is 5.69 Å². The fraction of sp³-hybridized carbons (Fsp3) is 0.261. The van der Waals surface area contributed by atoms with Crippen LogP contribution in [0.4, 0.5) is 5.69 Å². The van der Waals surface area contributed by atoms with Crippen LogP contribution in [0.25, 0.3) is 0 Å². The van der Waals surface area contributed by atoms with Crippen molar-refractivity contribution in [1.82, 2.24) is 15.2 Å². The van der Waals surface area contributed by atoms with E-state index in [4.69, 9.17) is 14.2 Å². The molecule has 0 saturated heterocycles. The summed E-state index contributed by atoms with van der Waals surface area (Å²) in [6.07, 6.45) is 1.48. The number of hydrazone groups is 1. The van der Waals surface area contributed by atoms with Gasteiger partial charge in [-0.1, -0.05) is 0 Å². The number of aromatic nitrogens is 2. The third-order valence-electron chi connectivity index (χ3n) is 4.98. The third kappa shape index (κ3) is 5.88. The van der Waals surface area contributed by atoms with Crippen molar-refractivity contribution in [3.05, 3.63) is 75.1 Å². The number of nitrogens with zero attached hydrogens (tertiary/aromatic N) is 4. The van der Waals surface area contributed by atoms with Crippen molar-refractivity contribution >= 4 is 17.8 Å². The Kier molecular flexibility index (Phi) is 7.80. The molecule has 1 heterocycles. The highest BCUT2D eigenvalue weighted by atomic mass is 16.6. The molecule has 11 nitrogen and oxygen atoms in total. The minimum atomic E-state index is -0.435. The molecule has 3 aromatic rings. The Morgan fingerprint density at radius 2 is 1.85 bits per heavy atom. The summed E-state index contributed by atoms with van der Waals surface area (Å²) < 4.78 is 17.5. The van der Waals surface area contributed by atoms with E-state index in [0.717, 1.165) is 5.56 Å². The van der Waals surface area contributed by atoms with Gasteiger partial charge in [0, 0.05) is 5.56 Å². The van der Waals surface area contributed by atoms with Crippen LogP contribution in [0, 0.1) is 24.0 Å². The second-order valence-electron chi connectivity index (χ2n) is 7.26. The number of benzene rings is 2. The molecule has 3 rings (SSSR count). The van der Waals surface area contributed by atoms with E-state index in [1.807, 2.05) is 6.07 Å². The average Bonchev–Trinajstić information content (AvgIpc) is 3.11. The van der Waals surface area contributed by atoms with Gasteiger partial charge in [0.05, 0.1) is 31.9 Å². The number of aryl methyl sites for hydroxylation is 1. The lowest BCUT2D eigenvalue weighted by Gasteiger charge is -2.10. The molecule has 34 heavy (non-hydrogen) atoms. The molecule has 0 aliphatic rings. The van der Waals surface area contributed by atoms with Gasteiger partial charge in [0.25, 0.3) is 5.91 Å². The van der Waals surface area contributed by atoms with Crippen molar-refractivity contribution in [2.75, 3.05) is 20.8 Å². The number of nitro groups is 1. The Labute approximate surface area is 196 Å². The molecule has 0 unspecified atom stereocenters. The van der Waals surface area contributed by atoms with E-state index in [0.29, 0.717) is 34.2 Å². The van der Waals surface area contributed by atoms with Gasteiger partial charge in [0.15, 0.2) is 6.61 Å². The first-order valence-electron chi connectivity index (χ1n) is 10.3. The maximum absolute atomic E-state index is 12.0. The first-order chi connectivity index (χ1) is 16.3. The normalized spacial score (nSPS) is 10.8. The Morgan fingerprint density at radius 3 is 2.47 bits per heavy atom. The number of ether oxygens (including phenoxy) is 3. The van der Waals surface area contributed by atoms with Crippen molar-refractivity contribution in [3.63, 3.8) is 0 Å². The smallest absolute Gasteiger partial charge is 0.312 e. The van der Waals surface area contributed by atoms with E-state index in [-0.39, 0.29) is 18.8 Å². The summed E-state index contributed by atoms with van der Waals surface area (Å²) in [7, 11) is 3.11. The van der Waals surface area contributed by atoms with Crippen LogP contribution < -0.4 is 19.6 Å². The van der Waals surface area contributed by atoms with Crippen molar-refractivity contribution < 1.29 is 23.9 Å². The summed E-state index contributed by atoms with van der Waals surface area (Å²) in [6, 6.07) is 12.2. The zero-order valence-electron chi connectivity index (χ0n) is 19.3. The van der Waals surface area contributed by atoms with Crippen molar-refractivity contribution in [1.29, 1.82) is 0 Å². The fourth-order valence-electron chi connectivity index (χ4n) is 3.30. The van der Waals surface area contributed by atoms with Gasteiger partial charge in [-0.3, -0.25) is 19.6 Å². The fourth-order valence-corrected chi connectivity index (χ4v) is 3.30. The number of rotatable bonds is 10. The Bertz CT molecular complexity index is 1200. The molecule has 0 saturated carbocycles. The molecule has 0 fully saturated rings. The van der Waals surface area contributed by atoms with Crippen LogP contribution in [0.15, 0.2) is 47.6 Å². The molecule has 11 heteroatoms. The molecule has 1 aromatic heterocycles. The molecule has 0 bridgehead atoms. The molecular formula is C23H25N5O6. The topological polar surface area (TPSA) is 130 Å². The molecular weight excluding hydrogens is 442 g/mol. The SMILES string of the molecule is COc1ccc(OCC(=O)N/N=C/c2ccc(OC)c(Cn3nc(C)c([N+](=O)[O-])c3C)c2)cc1. The Morgan fingerprint density at radius 1 is 1.15 bits per heavy atom. The van der Waals surface area contributed by atoms with Crippen LogP contribution in [-0.2, 0) is 11.3 Å². The number of amides is 1. The largest absolute Gasteiger partial charge is 0.497 e. The molecule has 178 valence electrons. The quantitative estimate of drug-likeness (QED) is 0.276. The third-order valence-corrected chi connectivity index (χ3v) is 4.98. The summed E-state index contributed by atoms with van der Waals surface area (Å²) >= 11 is 0. The van der Waals surface area contributed by atoms with Crippen LogP contribution in [0.1, 0.15) is 22.5 Å². The summed E-state index contributed by atoms with van der Waals surface area (Å²) in [4.78, 5) is 22.8. The summed E-state index contributed by atoms with van der Waals surface area (Å²) in [6.45, 7) is 3.32. The molecule has 0 aliphatic carbocycles. The lowest BCUT2D eigenvalue weighted by Crippen LogP contribution is -2.24. The van der Waals surface area contributed by atoms with Gasteiger partial charge in [0.1, 0.15) is 28.6 Å². The predicted octanol–water partition coefficient (Wildman–Crippen LogP) is 3.00. The Hall–Kier alpha value is -4.41. The van der Waals surface area contributed by atoms with E-state index in [1.165, 1.54) is 6.21 Å². The molecule has 0 spiro atoms. The van der Waals surface area contributed by atoms with E-state index in [9.17, 15) is 14.9 Å². The lowest BCUT2D eigenvalue weighted by molar-refractivity contribution is -0.386. The molecule has 2 aromatic carbocycles. The van der Waals surface area contributed by atoms with Crippen LogP contribution in [-0.4, -0.2) is 47.7 Å². The van der Waals surface area contributed by atoms with Crippen molar-refractivity contribution in [2.24, 2.45) is 5.10 Å². The first-order valence-corrected chi connectivity index (χ1v) is 10.3. The van der Waals surface area contributed by atoms with Crippen LogP contribution in [0.5, 0.6) is 17.2 Å². The van der Waals surface area contributed by atoms with E-state index >= 15 is 0 Å². The highest BCUT2D eigenvalue weighted by Gasteiger charge is 2.22.